The molecule has 0 amide bonds. The molecule has 0 bridgehead atoms. The SMILES string of the molecule is Cc1ccc(S(=O)(=O)N2CCN(c3snc(Cl)c3C#N)CC2)cc1C. The van der Waals surface area contributed by atoms with Crippen LogP contribution in [0.25, 0.3) is 0 Å². The molecule has 0 atom stereocenters. The average Bonchev–Trinajstić information content (AvgIpc) is 2.98. The van der Waals surface area contributed by atoms with Crippen molar-refractivity contribution in [1.82, 2.24) is 8.68 Å². The molecular weight excluding hydrogens is 380 g/mol. The predicted octanol–water partition coefficient (Wildman–Crippen LogP) is 2.80. The first-order valence-electron chi connectivity index (χ1n) is 7.72. The number of sulfonamides is 1. The Kier molecular flexibility index (Phi) is 5.02. The maximum absolute atomic E-state index is 12.8. The summed E-state index contributed by atoms with van der Waals surface area (Å²) in [6.07, 6.45) is 0. The molecule has 0 N–H and O–H groups in total. The van der Waals surface area contributed by atoms with Gasteiger partial charge in [0.2, 0.25) is 10.0 Å². The van der Waals surface area contributed by atoms with Gasteiger partial charge in [-0.15, -0.1) is 0 Å². The van der Waals surface area contributed by atoms with Crippen LogP contribution in [0.3, 0.4) is 0 Å². The van der Waals surface area contributed by atoms with Gasteiger partial charge < -0.3 is 4.90 Å². The summed E-state index contributed by atoms with van der Waals surface area (Å²) in [5.74, 6) is 0. The molecule has 1 fully saturated rings. The molecule has 0 spiro atoms. The quantitative estimate of drug-likeness (QED) is 0.797. The number of aryl methyl sites for hydroxylation is 2. The highest BCUT2D eigenvalue weighted by Gasteiger charge is 2.30. The maximum Gasteiger partial charge on any atom is 0.243 e. The summed E-state index contributed by atoms with van der Waals surface area (Å²) in [5, 5.41) is 10.1. The van der Waals surface area contributed by atoms with Gasteiger partial charge in [0.15, 0.2) is 5.15 Å². The molecule has 0 saturated carbocycles. The zero-order valence-electron chi connectivity index (χ0n) is 13.9. The van der Waals surface area contributed by atoms with Crippen LogP contribution in [0.4, 0.5) is 5.00 Å². The largest absolute Gasteiger partial charge is 0.358 e. The Balaban J connectivity index is 1.77. The molecule has 132 valence electrons. The van der Waals surface area contributed by atoms with Crippen molar-refractivity contribution >= 4 is 38.2 Å². The van der Waals surface area contributed by atoms with E-state index in [0.29, 0.717) is 41.6 Å². The number of hydrogen-bond donors (Lipinski definition) is 0. The minimum absolute atomic E-state index is 0.202. The number of anilines is 1. The van der Waals surface area contributed by atoms with E-state index in [2.05, 4.69) is 10.4 Å². The predicted molar refractivity (Wildman–Crippen MR) is 98.7 cm³/mol. The van der Waals surface area contributed by atoms with Crippen LogP contribution in [0.2, 0.25) is 5.15 Å². The lowest BCUT2D eigenvalue weighted by Crippen LogP contribution is -2.48. The van der Waals surface area contributed by atoms with Crippen LogP contribution in [0.15, 0.2) is 23.1 Å². The summed E-state index contributed by atoms with van der Waals surface area (Å²) in [7, 11) is -3.51. The molecule has 2 aromatic rings. The van der Waals surface area contributed by atoms with Crippen molar-refractivity contribution in [2.45, 2.75) is 18.7 Å². The second kappa shape index (κ2) is 6.92. The Morgan fingerprint density at radius 1 is 1.20 bits per heavy atom. The molecule has 0 radical (unpaired) electrons. The first kappa shape index (κ1) is 18.1. The van der Waals surface area contributed by atoms with Gasteiger partial charge in [0.05, 0.1) is 4.90 Å². The van der Waals surface area contributed by atoms with E-state index < -0.39 is 10.0 Å². The Morgan fingerprint density at radius 2 is 1.88 bits per heavy atom. The molecule has 0 aliphatic carbocycles. The first-order valence-corrected chi connectivity index (χ1v) is 10.3. The Hall–Kier alpha value is -1.66. The monoisotopic (exact) mass is 396 g/mol. The molecule has 1 aromatic carbocycles. The van der Waals surface area contributed by atoms with E-state index in [-0.39, 0.29) is 5.15 Å². The fourth-order valence-electron chi connectivity index (χ4n) is 2.73. The Morgan fingerprint density at radius 3 is 2.48 bits per heavy atom. The summed E-state index contributed by atoms with van der Waals surface area (Å²) in [6, 6.07) is 7.26. The van der Waals surface area contributed by atoms with Crippen molar-refractivity contribution in [3.8, 4) is 6.07 Å². The molecule has 1 aliphatic rings. The molecule has 2 heterocycles. The van der Waals surface area contributed by atoms with E-state index in [9.17, 15) is 13.7 Å². The summed E-state index contributed by atoms with van der Waals surface area (Å²) in [4.78, 5) is 2.29. The van der Waals surface area contributed by atoms with Gasteiger partial charge in [-0.05, 0) is 48.6 Å². The summed E-state index contributed by atoms with van der Waals surface area (Å²) >= 11 is 7.09. The number of halogens is 1. The van der Waals surface area contributed by atoms with Crippen molar-refractivity contribution in [2.24, 2.45) is 0 Å². The first-order chi connectivity index (χ1) is 11.8. The minimum atomic E-state index is -3.51. The van der Waals surface area contributed by atoms with Gasteiger partial charge in [0.1, 0.15) is 16.6 Å². The van der Waals surface area contributed by atoms with Crippen LogP contribution in [-0.2, 0) is 10.0 Å². The highest BCUT2D eigenvalue weighted by Crippen LogP contribution is 2.32. The topological polar surface area (TPSA) is 77.3 Å². The molecule has 1 aliphatic heterocycles. The summed E-state index contributed by atoms with van der Waals surface area (Å²) in [6.45, 7) is 5.57. The summed E-state index contributed by atoms with van der Waals surface area (Å²) in [5.41, 5.74) is 2.38. The highest BCUT2D eigenvalue weighted by molar-refractivity contribution is 7.89. The molecule has 25 heavy (non-hydrogen) atoms. The smallest absolute Gasteiger partial charge is 0.243 e. The fraction of sp³-hybridized carbons (Fsp3) is 0.375. The zero-order valence-corrected chi connectivity index (χ0v) is 16.2. The van der Waals surface area contributed by atoms with Gasteiger partial charge in [-0.1, -0.05) is 17.7 Å². The number of rotatable bonds is 3. The van der Waals surface area contributed by atoms with E-state index in [0.717, 1.165) is 11.1 Å². The Bertz CT molecular complexity index is 942. The van der Waals surface area contributed by atoms with Crippen LogP contribution in [0.1, 0.15) is 16.7 Å². The lowest BCUT2D eigenvalue weighted by atomic mass is 10.1. The number of hydrogen-bond acceptors (Lipinski definition) is 6. The van der Waals surface area contributed by atoms with E-state index in [1.807, 2.05) is 24.8 Å². The van der Waals surface area contributed by atoms with Crippen molar-refractivity contribution in [3.05, 3.63) is 40.0 Å². The van der Waals surface area contributed by atoms with Gasteiger partial charge in [-0.3, -0.25) is 0 Å². The standard InChI is InChI=1S/C16H17ClN4O2S2/c1-11-3-4-13(9-12(11)2)25(22,23)21-7-5-20(6-8-21)16-14(10-18)15(17)19-24-16/h3-4,9H,5-8H2,1-2H3. The van der Waals surface area contributed by atoms with E-state index in [4.69, 9.17) is 11.6 Å². The van der Waals surface area contributed by atoms with Crippen LogP contribution in [0.5, 0.6) is 0 Å². The van der Waals surface area contributed by atoms with Crippen LogP contribution in [-0.4, -0.2) is 43.3 Å². The molecular formula is C16H17ClN4O2S2. The molecule has 0 unspecified atom stereocenters. The van der Waals surface area contributed by atoms with E-state index >= 15 is 0 Å². The second-order valence-electron chi connectivity index (χ2n) is 5.90. The molecule has 9 heteroatoms. The van der Waals surface area contributed by atoms with Crippen molar-refractivity contribution in [3.63, 3.8) is 0 Å². The zero-order chi connectivity index (χ0) is 18.2. The third-order valence-electron chi connectivity index (χ3n) is 4.39. The third-order valence-corrected chi connectivity index (χ3v) is 7.56. The molecule has 1 aromatic heterocycles. The highest BCUT2D eigenvalue weighted by atomic mass is 35.5. The average molecular weight is 397 g/mol. The number of benzene rings is 1. The van der Waals surface area contributed by atoms with Gasteiger partial charge in [-0.25, -0.2) is 8.42 Å². The second-order valence-corrected chi connectivity index (χ2v) is 8.95. The number of aromatic nitrogens is 1. The van der Waals surface area contributed by atoms with Crippen molar-refractivity contribution in [2.75, 3.05) is 31.1 Å². The molecule has 3 rings (SSSR count). The van der Waals surface area contributed by atoms with E-state index in [1.54, 1.807) is 12.1 Å². The lowest BCUT2D eigenvalue weighted by molar-refractivity contribution is 0.385. The number of nitriles is 1. The van der Waals surface area contributed by atoms with Gasteiger partial charge in [0.25, 0.3) is 0 Å². The third kappa shape index (κ3) is 3.37. The van der Waals surface area contributed by atoms with Crippen LogP contribution >= 0.6 is 23.1 Å². The van der Waals surface area contributed by atoms with Gasteiger partial charge in [0, 0.05) is 26.2 Å². The Labute approximate surface area is 156 Å². The normalized spacial score (nSPS) is 16.0. The molecule has 6 nitrogen and oxygen atoms in total. The van der Waals surface area contributed by atoms with Gasteiger partial charge in [-0.2, -0.15) is 13.9 Å². The fourth-order valence-corrected chi connectivity index (χ4v) is 5.32. The molecule has 1 saturated heterocycles. The lowest BCUT2D eigenvalue weighted by Gasteiger charge is -2.34. The van der Waals surface area contributed by atoms with Crippen molar-refractivity contribution < 1.29 is 8.42 Å². The van der Waals surface area contributed by atoms with Crippen LogP contribution in [0, 0.1) is 25.2 Å². The van der Waals surface area contributed by atoms with Gasteiger partial charge >= 0.3 is 0 Å². The van der Waals surface area contributed by atoms with Crippen molar-refractivity contribution in [1.29, 1.82) is 5.26 Å². The number of piperazine rings is 1. The maximum atomic E-state index is 12.8. The van der Waals surface area contributed by atoms with E-state index in [1.165, 1.54) is 15.8 Å². The minimum Gasteiger partial charge on any atom is -0.358 e. The van der Waals surface area contributed by atoms with Crippen LogP contribution < -0.4 is 4.90 Å². The number of nitrogens with zero attached hydrogens (tertiary/aromatic N) is 4. The summed E-state index contributed by atoms with van der Waals surface area (Å²) < 4.78 is 31.2.